The molecule has 0 heterocycles. The molecule has 0 radical (unpaired) electrons. The molecule has 1 nitrogen and oxygen atoms in total. The minimum atomic E-state index is 0.572. The van der Waals surface area contributed by atoms with Gasteiger partial charge in [-0.3, -0.25) is 0 Å². The van der Waals surface area contributed by atoms with E-state index >= 15 is 0 Å². The zero-order chi connectivity index (χ0) is 11.7. The van der Waals surface area contributed by atoms with Crippen molar-refractivity contribution in [3.8, 4) is 0 Å². The highest BCUT2D eigenvalue weighted by Gasteiger charge is 2.26. The molecular weight excluding hydrogens is 182 g/mol. The summed E-state index contributed by atoms with van der Waals surface area (Å²) in [5, 5.41) is 3.64. The van der Waals surface area contributed by atoms with Crippen LogP contribution < -0.4 is 5.32 Å². The molecule has 15 heavy (non-hydrogen) atoms. The van der Waals surface area contributed by atoms with E-state index in [1.54, 1.807) is 0 Å². The maximum atomic E-state index is 3.64. The highest BCUT2D eigenvalue weighted by atomic mass is 14.9. The fourth-order valence-corrected chi connectivity index (χ4v) is 2.65. The molecule has 0 aromatic rings. The zero-order valence-corrected chi connectivity index (χ0v) is 11.5. The summed E-state index contributed by atoms with van der Waals surface area (Å²) < 4.78 is 0. The third-order valence-corrected chi connectivity index (χ3v) is 3.23. The van der Waals surface area contributed by atoms with Crippen LogP contribution in [0.15, 0.2) is 0 Å². The summed E-state index contributed by atoms with van der Waals surface area (Å²) in [7, 11) is 0. The molecule has 0 amide bonds. The van der Waals surface area contributed by atoms with Crippen LogP contribution in [0.25, 0.3) is 0 Å². The standard InChI is InChI=1S/C14H31N/c1-6-9-14(10-7-2,11-8-3)12-15-13(4)5/h13,15H,6-12H2,1-5H3. The first kappa shape index (κ1) is 15.0. The molecule has 0 spiro atoms. The van der Waals surface area contributed by atoms with Crippen molar-refractivity contribution >= 4 is 0 Å². The van der Waals surface area contributed by atoms with Gasteiger partial charge in [0.1, 0.15) is 0 Å². The Hall–Kier alpha value is -0.0400. The highest BCUT2D eigenvalue weighted by Crippen LogP contribution is 2.34. The monoisotopic (exact) mass is 213 g/mol. The average Bonchev–Trinajstić information content (AvgIpc) is 2.16. The number of rotatable bonds is 9. The van der Waals surface area contributed by atoms with Gasteiger partial charge in [-0.1, -0.05) is 53.9 Å². The van der Waals surface area contributed by atoms with Gasteiger partial charge in [-0.25, -0.2) is 0 Å². The topological polar surface area (TPSA) is 12.0 Å². The lowest BCUT2D eigenvalue weighted by molar-refractivity contribution is 0.197. The second kappa shape index (κ2) is 8.15. The van der Waals surface area contributed by atoms with Crippen LogP contribution in [0.1, 0.15) is 73.1 Å². The van der Waals surface area contributed by atoms with Gasteiger partial charge in [0.05, 0.1) is 0 Å². The van der Waals surface area contributed by atoms with Gasteiger partial charge in [0.15, 0.2) is 0 Å². The fourth-order valence-electron chi connectivity index (χ4n) is 2.65. The van der Waals surface area contributed by atoms with Gasteiger partial charge in [0, 0.05) is 12.6 Å². The summed E-state index contributed by atoms with van der Waals surface area (Å²) in [5.74, 6) is 0. The van der Waals surface area contributed by atoms with Gasteiger partial charge in [-0.15, -0.1) is 0 Å². The van der Waals surface area contributed by atoms with Crippen LogP contribution in [0, 0.1) is 5.41 Å². The van der Waals surface area contributed by atoms with Crippen molar-refractivity contribution < 1.29 is 0 Å². The average molecular weight is 213 g/mol. The Labute approximate surface area is 97.0 Å². The molecule has 0 rings (SSSR count). The van der Waals surface area contributed by atoms with E-state index in [4.69, 9.17) is 0 Å². The Morgan fingerprint density at radius 3 is 1.53 bits per heavy atom. The molecule has 0 fully saturated rings. The van der Waals surface area contributed by atoms with E-state index in [9.17, 15) is 0 Å². The van der Waals surface area contributed by atoms with Crippen LogP contribution in [0.4, 0.5) is 0 Å². The summed E-state index contributed by atoms with van der Waals surface area (Å²) in [4.78, 5) is 0. The van der Waals surface area contributed by atoms with Crippen LogP contribution >= 0.6 is 0 Å². The Morgan fingerprint density at radius 2 is 1.27 bits per heavy atom. The summed E-state index contributed by atoms with van der Waals surface area (Å²) in [5.41, 5.74) is 0.572. The highest BCUT2D eigenvalue weighted by molar-refractivity contribution is 4.81. The van der Waals surface area contributed by atoms with Gasteiger partial charge in [-0.2, -0.15) is 0 Å². The molecule has 0 atom stereocenters. The van der Waals surface area contributed by atoms with Crippen molar-refractivity contribution in [1.29, 1.82) is 0 Å². The van der Waals surface area contributed by atoms with Crippen molar-refractivity contribution in [3.05, 3.63) is 0 Å². The summed E-state index contributed by atoms with van der Waals surface area (Å²) >= 11 is 0. The molecule has 0 aromatic carbocycles. The Morgan fingerprint density at radius 1 is 0.867 bits per heavy atom. The van der Waals surface area contributed by atoms with E-state index in [2.05, 4.69) is 39.9 Å². The van der Waals surface area contributed by atoms with Gasteiger partial charge in [0.25, 0.3) is 0 Å². The second-order valence-electron chi connectivity index (χ2n) is 5.29. The van der Waals surface area contributed by atoms with Crippen LogP contribution in [-0.2, 0) is 0 Å². The largest absolute Gasteiger partial charge is 0.314 e. The quantitative estimate of drug-likeness (QED) is 0.599. The Bertz CT molecular complexity index is 123. The van der Waals surface area contributed by atoms with Crippen molar-refractivity contribution in [1.82, 2.24) is 5.32 Å². The SMILES string of the molecule is CCCC(CCC)(CCC)CNC(C)C. The lowest BCUT2D eigenvalue weighted by Gasteiger charge is -2.34. The summed E-state index contributed by atoms with van der Waals surface area (Å²) in [6.07, 6.45) is 8.11. The first-order chi connectivity index (χ1) is 7.10. The van der Waals surface area contributed by atoms with Crippen LogP contribution in [0.2, 0.25) is 0 Å². The molecule has 0 bridgehead atoms. The predicted octanol–water partition coefficient (Wildman–Crippen LogP) is 4.37. The van der Waals surface area contributed by atoms with E-state index in [0.29, 0.717) is 11.5 Å². The molecule has 0 aromatic heterocycles. The van der Waals surface area contributed by atoms with Gasteiger partial charge < -0.3 is 5.32 Å². The molecule has 92 valence electrons. The maximum absolute atomic E-state index is 3.64. The zero-order valence-electron chi connectivity index (χ0n) is 11.5. The number of hydrogen-bond acceptors (Lipinski definition) is 1. The molecule has 0 aliphatic carbocycles. The molecule has 0 aliphatic rings. The van der Waals surface area contributed by atoms with Gasteiger partial charge in [0.2, 0.25) is 0 Å². The fraction of sp³-hybridized carbons (Fsp3) is 1.00. The predicted molar refractivity (Wildman–Crippen MR) is 70.3 cm³/mol. The first-order valence-corrected chi connectivity index (χ1v) is 6.83. The van der Waals surface area contributed by atoms with Gasteiger partial charge >= 0.3 is 0 Å². The lowest BCUT2D eigenvalue weighted by Crippen LogP contribution is -2.37. The number of nitrogens with one attached hydrogen (secondary N) is 1. The van der Waals surface area contributed by atoms with Crippen LogP contribution in [0.5, 0.6) is 0 Å². The normalized spacial score (nSPS) is 12.4. The molecule has 0 unspecified atom stereocenters. The van der Waals surface area contributed by atoms with E-state index in [1.165, 1.54) is 45.1 Å². The maximum Gasteiger partial charge on any atom is 0.00106 e. The third-order valence-electron chi connectivity index (χ3n) is 3.23. The molecule has 1 N–H and O–H groups in total. The third kappa shape index (κ3) is 6.19. The molecule has 0 aliphatic heterocycles. The summed E-state index contributed by atoms with van der Waals surface area (Å²) in [6.45, 7) is 12.6. The minimum absolute atomic E-state index is 0.572. The van der Waals surface area contributed by atoms with E-state index in [0.717, 1.165) is 0 Å². The molecule has 0 saturated carbocycles. The van der Waals surface area contributed by atoms with Gasteiger partial charge in [-0.05, 0) is 24.7 Å². The minimum Gasteiger partial charge on any atom is -0.314 e. The molecular formula is C14H31N. The van der Waals surface area contributed by atoms with E-state index < -0.39 is 0 Å². The van der Waals surface area contributed by atoms with Crippen molar-refractivity contribution in [2.24, 2.45) is 5.41 Å². The van der Waals surface area contributed by atoms with E-state index in [1.807, 2.05) is 0 Å². The first-order valence-electron chi connectivity index (χ1n) is 6.83. The Balaban J connectivity index is 4.31. The van der Waals surface area contributed by atoms with E-state index in [-0.39, 0.29) is 0 Å². The second-order valence-corrected chi connectivity index (χ2v) is 5.29. The smallest absolute Gasteiger partial charge is 0.00106 e. The van der Waals surface area contributed by atoms with Crippen LogP contribution in [0.3, 0.4) is 0 Å². The van der Waals surface area contributed by atoms with Crippen molar-refractivity contribution in [3.63, 3.8) is 0 Å². The van der Waals surface area contributed by atoms with Crippen molar-refractivity contribution in [2.75, 3.05) is 6.54 Å². The lowest BCUT2D eigenvalue weighted by atomic mass is 9.75. The summed E-state index contributed by atoms with van der Waals surface area (Å²) in [6, 6.07) is 0.620. The van der Waals surface area contributed by atoms with Crippen molar-refractivity contribution in [2.45, 2.75) is 79.2 Å². The number of hydrogen-bond donors (Lipinski definition) is 1. The molecule has 0 saturated heterocycles. The van der Waals surface area contributed by atoms with Crippen LogP contribution in [-0.4, -0.2) is 12.6 Å². The Kier molecular flexibility index (Phi) is 8.13. The molecule has 1 heteroatoms.